The standard InChI is InChI=1S/C25H18FNO4/c1-14-5-10-20-19(11-14)23(29)21-22(16-3-2-4-18(28)12-16)27(25(30)24(21)31-20)13-15-6-8-17(26)9-7-15/h2-12,22,28H,13H2,1H3/t22-/m1/s1. The van der Waals surface area contributed by atoms with E-state index in [4.69, 9.17) is 4.42 Å². The minimum Gasteiger partial charge on any atom is -0.508 e. The Labute approximate surface area is 177 Å². The fourth-order valence-electron chi connectivity index (χ4n) is 4.13. The monoisotopic (exact) mass is 415 g/mol. The molecule has 4 aromatic rings. The van der Waals surface area contributed by atoms with Crippen molar-refractivity contribution in [3.05, 3.63) is 111 Å². The van der Waals surface area contributed by atoms with Gasteiger partial charge in [0, 0.05) is 6.54 Å². The molecule has 0 saturated carbocycles. The van der Waals surface area contributed by atoms with Crippen LogP contribution in [-0.2, 0) is 6.54 Å². The number of hydrogen-bond donors (Lipinski definition) is 1. The van der Waals surface area contributed by atoms with Crippen LogP contribution in [0.3, 0.4) is 0 Å². The summed E-state index contributed by atoms with van der Waals surface area (Å²) in [6, 6.07) is 16.8. The van der Waals surface area contributed by atoms with Crippen LogP contribution in [-0.4, -0.2) is 15.9 Å². The Balaban J connectivity index is 1.73. The van der Waals surface area contributed by atoms with E-state index >= 15 is 0 Å². The first-order valence-corrected chi connectivity index (χ1v) is 9.84. The Morgan fingerprint density at radius 2 is 1.81 bits per heavy atom. The molecule has 5 nitrogen and oxygen atoms in total. The van der Waals surface area contributed by atoms with Crippen LogP contribution in [0.2, 0.25) is 0 Å². The first kappa shape index (κ1) is 19.1. The van der Waals surface area contributed by atoms with Crippen molar-refractivity contribution >= 4 is 16.9 Å². The summed E-state index contributed by atoms with van der Waals surface area (Å²) >= 11 is 0. The van der Waals surface area contributed by atoms with Crippen molar-refractivity contribution < 1.29 is 18.7 Å². The van der Waals surface area contributed by atoms with Crippen LogP contribution < -0.4 is 5.43 Å². The van der Waals surface area contributed by atoms with Crippen LogP contribution in [0.15, 0.2) is 75.9 Å². The van der Waals surface area contributed by atoms with E-state index in [-0.39, 0.29) is 34.9 Å². The number of amides is 1. The van der Waals surface area contributed by atoms with Crippen LogP contribution in [0.5, 0.6) is 5.75 Å². The quantitative estimate of drug-likeness (QED) is 0.527. The van der Waals surface area contributed by atoms with Gasteiger partial charge in [-0.2, -0.15) is 0 Å². The summed E-state index contributed by atoms with van der Waals surface area (Å²) in [4.78, 5) is 28.4. The molecule has 0 saturated heterocycles. The minimum absolute atomic E-state index is 0.00296. The molecule has 0 radical (unpaired) electrons. The third kappa shape index (κ3) is 3.17. The van der Waals surface area contributed by atoms with E-state index in [2.05, 4.69) is 0 Å². The van der Waals surface area contributed by atoms with Crippen molar-refractivity contribution in [3.8, 4) is 5.75 Å². The molecule has 1 amide bonds. The predicted molar refractivity (Wildman–Crippen MR) is 113 cm³/mol. The Kier molecular flexibility index (Phi) is 4.36. The fraction of sp³-hybridized carbons (Fsp3) is 0.120. The number of phenols is 1. The van der Waals surface area contributed by atoms with Crippen molar-refractivity contribution in [2.75, 3.05) is 0 Å². The van der Waals surface area contributed by atoms with E-state index in [0.29, 0.717) is 22.1 Å². The average molecular weight is 415 g/mol. The minimum atomic E-state index is -0.735. The highest BCUT2D eigenvalue weighted by Crippen LogP contribution is 2.39. The van der Waals surface area contributed by atoms with E-state index in [9.17, 15) is 19.1 Å². The molecule has 0 unspecified atom stereocenters. The van der Waals surface area contributed by atoms with Crippen LogP contribution in [0.4, 0.5) is 4.39 Å². The smallest absolute Gasteiger partial charge is 0.291 e. The maximum absolute atomic E-state index is 13.5. The number of aryl methyl sites for hydroxylation is 1. The Bertz CT molecular complexity index is 1390. The molecule has 1 aliphatic heterocycles. The summed E-state index contributed by atoms with van der Waals surface area (Å²) in [6.07, 6.45) is 0. The fourth-order valence-corrected chi connectivity index (χ4v) is 4.13. The molecular formula is C25H18FNO4. The second-order valence-electron chi connectivity index (χ2n) is 7.73. The molecule has 154 valence electrons. The van der Waals surface area contributed by atoms with Gasteiger partial charge in [0.2, 0.25) is 5.76 Å². The van der Waals surface area contributed by atoms with Gasteiger partial charge in [0.05, 0.1) is 17.0 Å². The summed E-state index contributed by atoms with van der Waals surface area (Å²) in [6.45, 7) is 2.03. The molecule has 3 aromatic carbocycles. The molecule has 1 aromatic heterocycles. The molecule has 2 heterocycles. The van der Waals surface area contributed by atoms with Crippen LogP contribution in [0.1, 0.15) is 38.9 Å². The van der Waals surface area contributed by atoms with E-state index in [1.165, 1.54) is 29.2 Å². The number of halogens is 1. The normalized spacial score (nSPS) is 15.5. The SMILES string of the molecule is Cc1ccc2oc3c(c(=O)c2c1)[C@@H](c1cccc(O)c1)N(Cc1ccc(F)cc1)C3=O. The zero-order chi connectivity index (χ0) is 21.7. The van der Waals surface area contributed by atoms with Crippen molar-refractivity contribution in [2.45, 2.75) is 19.5 Å². The molecule has 0 fully saturated rings. The lowest BCUT2D eigenvalue weighted by molar-refractivity contribution is 0.0714. The molecule has 1 atom stereocenters. The van der Waals surface area contributed by atoms with E-state index in [1.54, 1.807) is 36.4 Å². The number of phenolic OH excluding ortho intramolecular Hbond substituents is 1. The molecule has 0 aliphatic carbocycles. The Morgan fingerprint density at radius 1 is 1.03 bits per heavy atom. The van der Waals surface area contributed by atoms with E-state index < -0.39 is 11.9 Å². The number of hydrogen-bond acceptors (Lipinski definition) is 4. The Morgan fingerprint density at radius 3 is 2.55 bits per heavy atom. The molecule has 31 heavy (non-hydrogen) atoms. The Hall–Kier alpha value is -3.93. The zero-order valence-corrected chi connectivity index (χ0v) is 16.6. The van der Waals surface area contributed by atoms with Gasteiger partial charge in [-0.3, -0.25) is 9.59 Å². The van der Waals surface area contributed by atoms with Crippen molar-refractivity contribution in [1.29, 1.82) is 0 Å². The maximum atomic E-state index is 13.5. The lowest BCUT2D eigenvalue weighted by atomic mass is 9.97. The number of carbonyl (C=O) groups excluding carboxylic acids is 1. The predicted octanol–water partition coefficient (Wildman–Crippen LogP) is 4.69. The summed E-state index contributed by atoms with van der Waals surface area (Å²) in [5.41, 5.74) is 2.52. The molecule has 0 spiro atoms. The lowest BCUT2D eigenvalue weighted by Crippen LogP contribution is -2.29. The van der Waals surface area contributed by atoms with Crippen molar-refractivity contribution in [1.82, 2.24) is 4.90 Å². The van der Waals surface area contributed by atoms with Crippen molar-refractivity contribution in [2.24, 2.45) is 0 Å². The van der Waals surface area contributed by atoms with Gasteiger partial charge in [-0.15, -0.1) is 0 Å². The molecule has 1 N–H and O–H groups in total. The molecular weight excluding hydrogens is 397 g/mol. The molecule has 1 aliphatic rings. The lowest BCUT2D eigenvalue weighted by Gasteiger charge is -2.25. The van der Waals surface area contributed by atoms with Gasteiger partial charge in [-0.1, -0.05) is 35.9 Å². The summed E-state index contributed by atoms with van der Waals surface area (Å²) in [7, 11) is 0. The van der Waals surface area contributed by atoms with Gasteiger partial charge in [0.15, 0.2) is 5.43 Å². The third-order valence-corrected chi connectivity index (χ3v) is 5.57. The molecule has 0 bridgehead atoms. The highest BCUT2D eigenvalue weighted by atomic mass is 19.1. The van der Waals surface area contributed by atoms with Gasteiger partial charge in [0.1, 0.15) is 17.1 Å². The third-order valence-electron chi connectivity index (χ3n) is 5.57. The van der Waals surface area contributed by atoms with Gasteiger partial charge in [0.25, 0.3) is 5.91 Å². The zero-order valence-electron chi connectivity index (χ0n) is 16.6. The van der Waals surface area contributed by atoms with E-state index in [0.717, 1.165) is 5.56 Å². The first-order valence-electron chi connectivity index (χ1n) is 9.84. The van der Waals surface area contributed by atoms with Crippen LogP contribution in [0, 0.1) is 12.7 Å². The number of benzene rings is 3. The number of carbonyl (C=O) groups is 1. The number of rotatable bonds is 3. The maximum Gasteiger partial charge on any atom is 0.291 e. The molecule has 6 heteroatoms. The molecule has 5 rings (SSSR count). The topological polar surface area (TPSA) is 70.8 Å². The number of aromatic hydroxyl groups is 1. The van der Waals surface area contributed by atoms with Crippen LogP contribution >= 0.6 is 0 Å². The van der Waals surface area contributed by atoms with E-state index in [1.807, 2.05) is 13.0 Å². The largest absolute Gasteiger partial charge is 0.508 e. The summed E-state index contributed by atoms with van der Waals surface area (Å²) < 4.78 is 19.3. The average Bonchev–Trinajstić information content (AvgIpc) is 3.02. The summed E-state index contributed by atoms with van der Waals surface area (Å²) in [5.74, 6) is -0.770. The summed E-state index contributed by atoms with van der Waals surface area (Å²) in [5, 5.41) is 10.4. The number of nitrogens with zero attached hydrogens (tertiary/aromatic N) is 1. The second-order valence-corrected chi connectivity index (χ2v) is 7.73. The first-order chi connectivity index (χ1) is 14.9. The van der Waals surface area contributed by atoms with Gasteiger partial charge in [-0.05, 0) is 54.4 Å². The highest BCUT2D eigenvalue weighted by molar-refractivity contribution is 5.99. The second kappa shape index (κ2) is 7.09. The van der Waals surface area contributed by atoms with Gasteiger partial charge in [-0.25, -0.2) is 4.39 Å². The van der Waals surface area contributed by atoms with Crippen LogP contribution in [0.25, 0.3) is 11.0 Å². The van der Waals surface area contributed by atoms with Gasteiger partial charge < -0.3 is 14.4 Å². The van der Waals surface area contributed by atoms with Crippen molar-refractivity contribution in [3.63, 3.8) is 0 Å². The van der Waals surface area contributed by atoms with Gasteiger partial charge >= 0.3 is 0 Å². The number of fused-ring (bicyclic) bond motifs is 2. The highest BCUT2D eigenvalue weighted by Gasteiger charge is 2.42.